The molecule has 1 unspecified atom stereocenters. The molecule has 0 N–H and O–H groups in total. The number of anilines is 1. The predicted molar refractivity (Wildman–Crippen MR) is 142 cm³/mol. The average molecular weight is 517 g/mol. The molecule has 10 heteroatoms. The molecule has 0 radical (unpaired) electrons. The van der Waals surface area contributed by atoms with E-state index in [0.717, 1.165) is 16.7 Å². The first-order valence-electron chi connectivity index (χ1n) is 10.5. The van der Waals surface area contributed by atoms with Crippen molar-refractivity contribution in [2.75, 3.05) is 16.2 Å². The van der Waals surface area contributed by atoms with Crippen LogP contribution in [0.15, 0.2) is 45.9 Å². The summed E-state index contributed by atoms with van der Waals surface area (Å²) in [5.74, 6) is 1.70. The van der Waals surface area contributed by atoms with Crippen LogP contribution in [0.1, 0.15) is 29.7 Å². The molecule has 0 aliphatic carbocycles. The van der Waals surface area contributed by atoms with Crippen molar-refractivity contribution >= 4 is 52.3 Å². The topological polar surface area (TPSA) is 73.4 Å². The van der Waals surface area contributed by atoms with E-state index in [-0.39, 0.29) is 5.43 Å². The molecular weight excluding hydrogens is 492 g/mol. The molecule has 178 valence electrons. The molecule has 0 saturated carbocycles. The van der Waals surface area contributed by atoms with Gasteiger partial charge in [-0.15, -0.1) is 0 Å². The van der Waals surface area contributed by atoms with Gasteiger partial charge in [0, 0.05) is 36.9 Å². The second-order valence-corrected chi connectivity index (χ2v) is 9.94. The van der Waals surface area contributed by atoms with Gasteiger partial charge < -0.3 is 9.15 Å². The van der Waals surface area contributed by atoms with E-state index in [1.54, 1.807) is 29.9 Å². The summed E-state index contributed by atoms with van der Waals surface area (Å²) in [4.78, 5) is 17.8. The van der Waals surface area contributed by atoms with Crippen LogP contribution in [0, 0.1) is 13.8 Å². The Morgan fingerprint density at radius 3 is 2.59 bits per heavy atom. The van der Waals surface area contributed by atoms with Crippen molar-refractivity contribution in [2.45, 2.75) is 26.9 Å². The molecule has 4 rings (SSSR count). The van der Waals surface area contributed by atoms with Gasteiger partial charge in [0.2, 0.25) is 0 Å². The van der Waals surface area contributed by atoms with Crippen LogP contribution in [0.2, 0.25) is 5.15 Å². The molecule has 0 fully saturated rings. The van der Waals surface area contributed by atoms with Gasteiger partial charge in [0.25, 0.3) is 0 Å². The van der Waals surface area contributed by atoms with E-state index in [0.29, 0.717) is 39.0 Å². The van der Waals surface area contributed by atoms with E-state index in [2.05, 4.69) is 10.1 Å². The number of benzene rings is 1. The summed E-state index contributed by atoms with van der Waals surface area (Å²) in [6.07, 6.45) is 7.00. The first-order chi connectivity index (χ1) is 16.2. The number of aromatic nitrogens is 3. The number of hydrogen-bond acceptors (Lipinski definition) is 8. The third kappa shape index (κ3) is 4.64. The minimum absolute atomic E-state index is 0.0676. The number of nitrogens with zero attached hydrogens (tertiary/aromatic N) is 4. The van der Waals surface area contributed by atoms with Crippen molar-refractivity contribution in [1.29, 1.82) is 0 Å². The van der Waals surface area contributed by atoms with Gasteiger partial charge >= 0.3 is 0 Å². The van der Waals surface area contributed by atoms with Gasteiger partial charge in [0.05, 0.1) is 17.1 Å². The maximum Gasteiger partial charge on any atom is 0.196 e. The van der Waals surface area contributed by atoms with Crippen LogP contribution in [0.4, 0.5) is 5.82 Å². The average Bonchev–Trinajstić information content (AvgIpc) is 3.24. The van der Waals surface area contributed by atoms with Crippen molar-refractivity contribution < 1.29 is 9.15 Å². The highest BCUT2D eigenvalue weighted by atomic mass is 35.5. The normalized spacial score (nSPS) is 12.2. The SMILES string of the molecule is CSN(SC)c1nc(Cl)ccc1OC(C)c1cc(C)cc2c(=O)c(C)c(-c3cnn(C)c3)oc12. The van der Waals surface area contributed by atoms with E-state index in [4.69, 9.17) is 20.8 Å². The smallest absolute Gasteiger partial charge is 0.196 e. The molecular formula is C24H25ClN4O3S2. The molecule has 0 bridgehead atoms. The van der Waals surface area contributed by atoms with E-state index < -0.39 is 6.10 Å². The summed E-state index contributed by atoms with van der Waals surface area (Å²) < 4.78 is 16.4. The Morgan fingerprint density at radius 2 is 1.94 bits per heavy atom. The van der Waals surface area contributed by atoms with Crippen LogP contribution in [0.3, 0.4) is 0 Å². The second-order valence-electron chi connectivity index (χ2n) is 7.86. The van der Waals surface area contributed by atoms with Crippen LogP contribution < -0.4 is 13.9 Å². The van der Waals surface area contributed by atoms with Gasteiger partial charge in [-0.25, -0.2) is 8.69 Å². The van der Waals surface area contributed by atoms with Crippen LogP contribution in [-0.4, -0.2) is 27.3 Å². The fraction of sp³-hybridized carbons (Fsp3) is 0.292. The van der Waals surface area contributed by atoms with Gasteiger partial charge in [-0.2, -0.15) is 5.10 Å². The number of aryl methyl sites for hydroxylation is 2. The molecule has 1 atom stereocenters. The highest BCUT2D eigenvalue weighted by Gasteiger charge is 2.22. The molecule has 0 amide bonds. The van der Waals surface area contributed by atoms with Crippen molar-refractivity contribution in [2.24, 2.45) is 7.05 Å². The molecule has 1 aromatic carbocycles. The number of pyridine rings is 1. The first-order valence-corrected chi connectivity index (χ1v) is 13.3. The third-order valence-corrected chi connectivity index (χ3v) is 7.52. The summed E-state index contributed by atoms with van der Waals surface area (Å²) in [5, 5.41) is 5.13. The number of rotatable bonds is 7. The first kappa shape index (κ1) is 24.5. The van der Waals surface area contributed by atoms with E-state index in [1.165, 1.54) is 23.9 Å². The van der Waals surface area contributed by atoms with Gasteiger partial charge in [0.15, 0.2) is 17.0 Å². The van der Waals surface area contributed by atoms with Crippen LogP contribution >= 0.6 is 35.5 Å². The van der Waals surface area contributed by atoms with Gasteiger partial charge in [0.1, 0.15) is 22.6 Å². The Hall–Kier alpha value is -2.62. The Bertz CT molecular complexity index is 1420. The Labute approximate surface area is 211 Å². The molecule has 0 aliphatic rings. The summed E-state index contributed by atoms with van der Waals surface area (Å²) in [5.41, 5.74) is 3.45. The standard InChI is InChI=1S/C24H25ClN4O3S2/c1-13-9-17(15(3)31-19-7-8-20(25)27-24(19)29(33-5)34-6)23-18(10-13)21(30)14(2)22(32-23)16-11-26-28(4)12-16/h7-12,15H,1-6H3. The number of halogens is 1. The summed E-state index contributed by atoms with van der Waals surface area (Å²) >= 11 is 9.18. The minimum Gasteiger partial charge on any atom is -0.482 e. The molecule has 4 aromatic rings. The fourth-order valence-corrected chi connectivity index (χ4v) is 5.17. The Kier molecular flexibility index (Phi) is 7.16. The molecule has 0 saturated heterocycles. The van der Waals surface area contributed by atoms with Crippen molar-refractivity contribution in [3.05, 3.63) is 68.7 Å². The molecule has 34 heavy (non-hydrogen) atoms. The van der Waals surface area contributed by atoms with Crippen LogP contribution in [-0.2, 0) is 7.05 Å². The van der Waals surface area contributed by atoms with Gasteiger partial charge in [-0.05, 0) is 74.5 Å². The van der Waals surface area contributed by atoms with Crippen molar-refractivity contribution in [1.82, 2.24) is 14.8 Å². The lowest BCUT2D eigenvalue weighted by atomic mass is 10.0. The van der Waals surface area contributed by atoms with Gasteiger partial charge in [-0.3, -0.25) is 9.48 Å². The van der Waals surface area contributed by atoms with E-state index in [9.17, 15) is 4.79 Å². The Balaban J connectivity index is 1.85. The van der Waals surface area contributed by atoms with Crippen molar-refractivity contribution in [3.63, 3.8) is 0 Å². The largest absolute Gasteiger partial charge is 0.482 e. The molecule has 0 aliphatic heterocycles. The zero-order valence-electron chi connectivity index (χ0n) is 19.7. The van der Waals surface area contributed by atoms with Crippen molar-refractivity contribution in [3.8, 4) is 17.1 Å². The number of fused-ring (bicyclic) bond motifs is 1. The lowest BCUT2D eigenvalue weighted by molar-refractivity contribution is 0.227. The second kappa shape index (κ2) is 9.93. The van der Waals surface area contributed by atoms with Crippen LogP contribution in [0.5, 0.6) is 5.75 Å². The highest BCUT2D eigenvalue weighted by Crippen LogP contribution is 2.39. The molecule has 7 nitrogen and oxygen atoms in total. The minimum atomic E-state index is -0.428. The maximum atomic E-state index is 13.3. The lowest BCUT2D eigenvalue weighted by Gasteiger charge is -2.23. The summed E-state index contributed by atoms with van der Waals surface area (Å²) in [6, 6.07) is 7.35. The third-order valence-electron chi connectivity index (χ3n) is 5.41. The summed E-state index contributed by atoms with van der Waals surface area (Å²) in [7, 11) is 1.83. The van der Waals surface area contributed by atoms with Crippen LogP contribution in [0.25, 0.3) is 22.3 Å². The lowest BCUT2D eigenvalue weighted by Crippen LogP contribution is -2.13. The van der Waals surface area contributed by atoms with E-state index in [1.807, 2.05) is 55.4 Å². The zero-order chi connectivity index (χ0) is 24.6. The zero-order valence-corrected chi connectivity index (χ0v) is 22.1. The number of hydrogen-bond donors (Lipinski definition) is 0. The summed E-state index contributed by atoms with van der Waals surface area (Å²) in [6.45, 7) is 5.66. The molecule has 3 aromatic heterocycles. The van der Waals surface area contributed by atoms with Gasteiger partial charge in [-0.1, -0.05) is 11.6 Å². The molecule has 0 spiro atoms. The van der Waals surface area contributed by atoms with E-state index >= 15 is 0 Å². The molecule has 3 heterocycles. The maximum absolute atomic E-state index is 13.3. The quantitative estimate of drug-likeness (QED) is 0.207. The highest BCUT2D eigenvalue weighted by molar-refractivity contribution is 8.17. The predicted octanol–water partition coefficient (Wildman–Crippen LogP) is 6.36. The fourth-order valence-electron chi connectivity index (χ4n) is 3.82. The monoisotopic (exact) mass is 516 g/mol. The number of ether oxygens (including phenoxy) is 1. The Morgan fingerprint density at radius 1 is 1.21 bits per heavy atom.